The average Bonchev–Trinajstić information content (AvgIpc) is 2.49. The van der Waals surface area contributed by atoms with E-state index in [1.807, 2.05) is 4.72 Å². The zero-order valence-corrected chi connectivity index (χ0v) is 14.6. The summed E-state index contributed by atoms with van der Waals surface area (Å²) in [6, 6.07) is 12.4. The van der Waals surface area contributed by atoms with E-state index in [1.54, 1.807) is 24.3 Å². The van der Waals surface area contributed by atoms with E-state index in [0.29, 0.717) is 11.1 Å². The standard InChI is InChI=1S/C16H14BrNO4S/c1-11(19)13-4-8-15(9-5-13)23(21,22)18-16(20)10-12-2-6-14(17)7-3-12/h2-9H,10H2,1H3,(H,18,20). The van der Waals surface area contributed by atoms with Gasteiger partial charge in [-0.05, 0) is 36.8 Å². The van der Waals surface area contributed by atoms with Crippen LogP contribution in [0.25, 0.3) is 0 Å². The lowest BCUT2D eigenvalue weighted by Gasteiger charge is -2.07. The molecule has 0 fully saturated rings. The largest absolute Gasteiger partial charge is 0.295 e. The zero-order chi connectivity index (χ0) is 17.0. The lowest BCUT2D eigenvalue weighted by molar-refractivity contribution is -0.118. The monoisotopic (exact) mass is 395 g/mol. The van der Waals surface area contributed by atoms with E-state index in [-0.39, 0.29) is 17.1 Å². The number of sulfonamides is 1. The molecule has 0 saturated carbocycles. The Labute approximate surface area is 142 Å². The van der Waals surface area contributed by atoms with Gasteiger partial charge in [0.15, 0.2) is 5.78 Å². The Balaban J connectivity index is 2.09. The lowest BCUT2D eigenvalue weighted by Crippen LogP contribution is -2.31. The fourth-order valence-electron chi connectivity index (χ4n) is 1.90. The molecule has 2 rings (SSSR count). The molecule has 1 N–H and O–H groups in total. The Morgan fingerprint density at radius 1 is 1.00 bits per heavy atom. The molecule has 0 heterocycles. The average molecular weight is 396 g/mol. The number of hydrogen-bond acceptors (Lipinski definition) is 4. The molecule has 1 amide bonds. The molecule has 2 aromatic carbocycles. The van der Waals surface area contributed by atoms with Crippen LogP contribution in [0.4, 0.5) is 0 Å². The Kier molecular flexibility index (Phi) is 5.33. The van der Waals surface area contributed by atoms with Crippen molar-refractivity contribution in [3.05, 3.63) is 64.1 Å². The number of hydrogen-bond donors (Lipinski definition) is 1. The van der Waals surface area contributed by atoms with Crippen molar-refractivity contribution in [2.24, 2.45) is 0 Å². The summed E-state index contributed by atoms with van der Waals surface area (Å²) in [6.45, 7) is 1.39. The number of ketones is 1. The van der Waals surface area contributed by atoms with Crippen LogP contribution in [0.5, 0.6) is 0 Å². The fourth-order valence-corrected chi connectivity index (χ4v) is 3.15. The van der Waals surface area contributed by atoms with Gasteiger partial charge in [0, 0.05) is 10.0 Å². The van der Waals surface area contributed by atoms with Crippen LogP contribution in [0.2, 0.25) is 0 Å². The minimum absolute atomic E-state index is 0.0436. The van der Waals surface area contributed by atoms with Crippen molar-refractivity contribution in [1.82, 2.24) is 4.72 Å². The summed E-state index contributed by atoms with van der Waals surface area (Å²) < 4.78 is 27.2. The van der Waals surface area contributed by atoms with Gasteiger partial charge >= 0.3 is 0 Å². The van der Waals surface area contributed by atoms with Gasteiger partial charge in [-0.3, -0.25) is 9.59 Å². The molecule has 0 spiro atoms. The summed E-state index contributed by atoms with van der Waals surface area (Å²) in [7, 11) is -3.95. The van der Waals surface area contributed by atoms with E-state index in [2.05, 4.69) is 15.9 Å². The van der Waals surface area contributed by atoms with Gasteiger partial charge < -0.3 is 0 Å². The highest BCUT2D eigenvalue weighted by atomic mass is 79.9. The van der Waals surface area contributed by atoms with Crippen LogP contribution in [0.1, 0.15) is 22.8 Å². The molecule has 0 aliphatic heterocycles. The van der Waals surface area contributed by atoms with Gasteiger partial charge in [0.1, 0.15) is 0 Å². The number of benzene rings is 2. The van der Waals surface area contributed by atoms with Crippen LogP contribution in [0.3, 0.4) is 0 Å². The van der Waals surface area contributed by atoms with E-state index in [9.17, 15) is 18.0 Å². The lowest BCUT2D eigenvalue weighted by atomic mass is 10.1. The van der Waals surface area contributed by atoms with Crippen LogP contribution in [0.15, 0.2) is 57.9 Å². The van der Waals surface area contributed by atoms with Gasteiger partial charge in [0.2, 0.25) is 5.91 Å². The van der Waals surface area contributed by atoms with E-state index < -0.39 is 15.9 Å². The molecule has 23 heavy (non-hydrogen) atoms. The van der Waals surface area contributed by atoms with Crippen LogP contribution < -0.4 is 4.72 Å². The molecule has 0 saturated heterocycles. The summed E-state index contributed by atoms with van der Waals surface area (Å²) in [4.78, 5) is 23.0. The van der Waals surface area contributed by atoms with Crippen LogP contribution >= 0.6 is 15.9 Å². The molecule has 0 radical (unpaired) electrons. The number of carbonyl (C=O) groups is 2. The van der Waals surface area contributed by atoms with Gasteiger partial charge in [0.25, 0.3) is 10.0 Å². The number of Topliss-reactive ketones (excluding diaryl/α,β-unsaturated/α-hetero) is 1. The second-order valence-corrected chi connectivity index (χ2v) is 7.51. The molecule has 2 aromatic rings. The normalized spacial score (nSPS) is 11.0. The Morgan fingerprint density at radius 3 is 2.09 bits per heavy atom. The smallest absolute Gasteiger partial charge is 0.264 e. The van der Waals surface area contributed by atoms with Gasteiger partial charge in [-0.15, -0.1) is 0 Å². The van der Waals surface area contributed by atoms with E-state index >= 15 is 0 Å². The van der Waals surface area contributed by atoms with Gasteiger partial charge in [0.05, 0.1) is 11.3 Å². The summed E-state index contributed by atoms with van der Waals surface area (Å²) in [5.74, 6) is -0.781. The quantitative estimate of drug-likeness (QED) is 0.789. The number of rotatable bonds is 5. The summed E-state index contributed by atoms with van der Waals surface area (Å²) >= 11 is 3.29. The molecular weight excluding hydrogens is 382 g/mol. The van der Waals surface area contributed by atoms with Crippen molar-refractivity contribution < 1.29 is 18.0 Å². The van der Waals surface area contributed by atoms with Gasteiger partial charge in [-0.1, -0.05) is 40.2 Å². The maximum atomic E-state index is 12.1. The van der Waals surface area contributed by atoms with Crippen molar-refractivity contribution in [3.63, 3.8) is 0 Å². The molecule has 120 valence electrons. The Morgan fingerprint density at radius 2 is 1.57 bits per heavy atom. The minimum atomic E-state index is -3.95. The van der Waals surface area contributed by atoms with Crippen molar-refractivity contribution in [2.75, 3.05) is 0 Å². The minimum Gasteiger partial charge on any atom is -0.295 e. The maximum absolute atomic E-state index is 12.1. The second-order valence-electron chi connectivity index (χ2n) is 4.91. The molecule has 0 bridgehead atoms. The van der Waals surface area contributed by atoms with Crippen LogP contribution in [-0.4, -0.2) is 20.1 Å². The van der Waals surface area contributed by atoms with Crippen molar-refractivity contribution in [2.45, 2.75) is 18.2 Å². The third-order valence-electron chi connectivity index (χ3n) is 3.10. The summed E-state index contributed by atoms with van der Waals surface area (Å²) in [5, 5.41) is 0. The predicted octanol–water partition coefficient (Wildman–Crippen LogP) is 2.70. The van der Waals surface area contributed by atoms with Crippen molar-refractivity contribution >= 4 is 37.6 Å². The molecule has 0 aliphatic carbocycles. The first kappa shape index (κ1) is 17.4. The molecule has 0 atom stereocenters. The SMILES string of the molecule is CC(=O)c1ccc(S(=O)(=O)NC(=O)Cc2ccc(Br)cc2)cc1. The number of carbonyl (C=O) groups excluding carboxylic acids is 2. The highest BCUT2D eigenvalue weighted by Gasteiger charge is 2.18. The fraction of sp³-hybridized carbons (Fsp3) is 0.125. The van der Waals surface area contributed by atoms with Crippen LogP contribution in [0, 0.1) is 0 Å². The Hall–Kier alpha value is -1.99. The van der Waals surface area contributed by atoms with Gasteiger partial charge in [-0.2, -0.15) is 0 Å². The highest BCUT2D eigenvalue weighted by molar-refractivity contribution is 9.10. The number of halogens is 1. The van der Waals surface area contributed by atoms with E-state index in [0.717, 1.165) is 4.47 Å². The molecule has 7 heteroatoms. The topological polar surface area (TPSA) is 80.3 Å². The predicted molar refractivity (Wildman–Crippen MR) is 89.6 cm³/mol. The molecular formula is C16H14BrNO4S. The molecule has 0 unspecified atom stereocenters. The van der Waals surface area contributed by atoms with E-state index in [4.69, 9.17) is 0 Å². The molecule has 5 nitrogen and oxygen atoms in total. The first-order valence-electron chi connectivity index (χ1n) is 6.69. The van der Waals surface area contributed by atoms with Crippen molar-refractivity contribution in [1.29, 1.82) is 0 Å². The second kappa shape index (κ2) is 7.06. The highest BCUT2D eigenvalue weighted by Crippen LogP contribution is 2.13. The number of amides is 1. The van der Waals surface area contributed by atoms with Crippen LogP contribution in [-0.2, 0) is 21.2 Å². The van der Waals surface area contributed by atoms with E-state index in [1.165, 1.54) is 31.2 Å². The summed E-state index contributed by atoms with van der Waals surface area (Å²) in [5.41, 5.74) is 1.11. The van der Waals surface area contributed by atoms with Crippen molar-refractivity contribution in [3.8, 4) is 0 Å². The molecule has 0 aliphatic rings. The number of nitrogens with one attached hydrogen (secondary N) is 1. The third-order valence-corrected chi connectivity index (χ3v) is 5.02. The van der Waals surface area contributed by atoms with Gasteiger partial charge in [-0.25, -0.2) is 13.1 Å². The Bertz CT molecular complexity index is 827. The zero-order valence-electron chi connectivity index (χ0n) is 12.2. The molecule has 0 aromatic heterocycles. The first-order chi connectivity index (χ1) is 10.8. The first-order valence-corrected chi connectivity index (χ1v) is 8.96. The third kappa shape index (κ3) is 4.74. The maximum Gasteiger partial charge on any atom is 0.264 e. The summed E-state index contributed by atoms with van der Waals surface area (Å²) in [6.07, 6.45) is -0.0436.